The molecule has 0 aliphatic heterocycles. The van der Waals surface area contributed by atoms with E-state index in [0.717, 1.165) is 5.56 Å². The summed E-state index contributed by atoms with van der Waals surface area (Å²) in [7, 11) is 2.91. The van der Waals surface area contributed by atoms with Gasteiger partial charge in [0.05, 0.1) is 44.0 Å². The highest BCUT2D eigenvalue weighted by Gasteiger charge is 2.21. The van der Waals surface area contributed by atoms with E-state index in [1.165, 1.54) is 20.3 Å². The van der Waals surface area contributed by atoms with Crippen molar-refractivity contribution in [3.05, 3.63) is 63.7 Å². The van der Waals surface area contributed by atoms with Crippen LogP contribution in [0.1, 0.15) is 11.1 Å². The number of hydrogen-bond donors (Lipinski definition) is 0. The van der Waals surface area contributed by atoms with E-state index in [2.05, 4.69) is 0 Å². The zero-order valence-corrected chi connectivity index (χ0v) is 12.4. The van der Waals surface area contributed by atoms with E-state index in [-0.39, 0.29) is 12.3 Å². The summed E-state index contributed by atoms with van der Waals surface area (Å²) in [5, 5.41) is 11.2. The van der Waals surface area contributed by atoms with E-state index >= 15 is 0 Å². The van der Waals surface area contributed by atoms with Gasteiger partial charge in [0.15, 0.2) is 0 Å². The number of nitro groups is 1. The Labute approximate surface area is 128 Å². The summed E-state index contributed by atoms with van der Waals surface area (Å²) in [5.41, 5.74) is 1.31. The second-order valence-corrected chi connectivity index (χ2v) is 4.56. The minimum atomic E-state index is -0.466. The minimum Gasteiger partial charge on any atom is -0.496 e. The van der Waals surface area contributed by atoms with Crippen molar-refractivity contribution in [1.82, 2.24) is 0 Å². The molecule has 0 heterocycles. The molecule has 2 aromatic rings. The molecule has 0 N–H and O–H groups in total. The monoisotopic (exact) mass is 303 g/mol. The molecule has 0 saturated heterocycles. The zero-order chi connectivity index (χ0) is 15.9. The molecular weight excluding hydrogens is 286 g/mol. The summed E-state index contributed by atoms with van der Waals surface area (Å²) in [6, 6.07) is 12.6. The van der Waals surface area contributed by atoms with Crippen LogP contribution in [0.3, 0.4) is 0 Å². The van der Waals surface area contributed by atoms with Crippen LogP contribution in [0.2, 0.25) is 0 Å². The SMILES string of the molecule is COc1cc(OC)c(COCc2ccccc2)c([N+](=O)[O-])c1. The average Bonchev–Trinajstić information content (AvgIpc) is 2.55. The molecule has 2 rings (SSSR count). The van der Waals surface area contributed by atoms with E-state index in [4.69, 9.17) is 14.2 Å². The second kappa shape index (κ2) is 7.42. The van der Waals surface area contributed by atoms with Gasteiger partial charge in [-0.1, -0.05) is 30.3 Å². The van der Waals surface area contributed by atoms with Crippen LogP contribution in [0.4, 0.5) is 5.69 Å². The summed E-state index contributed by atoms with van der Waals surface area (Å²) in [4.78, 5) is 10.8. The van der Waals surface area contributed by atoms with Crippen molar-refractivity contribution in [2.24, 2.45) is 0 Å². The van der Waals surface area contributed by atoms with Gasteiger partial charge in [0.2, 0.25) is 0 Å². The van der Waals surface area contributed by atoms with Gasteiger partial charge in [0.25, 0.3) is 5.69 Å². The topological polar surface area (TPSA) is 70.8 Å². The first kappa shape index (κ1) is 15.8. The lowest BCUT2D eigenvalue weighted by atomic mass is 10.1. The molecule has 0 aliphatic carbocycles. The Bertz CT molecular complexity index is 642. The van der Waals surface area contributed by atoms with Gasteiger partial charge in [-0.3, -0.25) is 10.1 Å². The third-order valence-electron chi connectivity index (χ3n) is 3.17. The predicted molar refractivity (Wildman–Crippen MR) is 81.1 cm³/mol. The maximum atomic E-state index is 11.2. The van der Waals surface area contributed by atoms with E-state index < -0.39 is 4.92 Å². The molecule has 2 aromatic carbocycles. The van der Waals surface area contributed by atoms with E-state index in [1.807, 2.05) is 30.3 Å². The largest absolute Gasteiger partial charge is 0.496 e. The lowest BCUT2D eigenvalue weighted by Crippen LogP contribution is -2.03. The third kappa shape index (κ3) is 3.73. The average molecular weight is 303 g/mol. The molecule has 6 heteroatoms. The van der Waals surface area contributed by atoms with Crippen LogP contribution in [0.15, 0.2) is 42.5 Å². The van der Waals surface area contributed by atoms with Crippen LogP contribution >= 0.6 is 0 Å². The number of ether oxygens (including phenoxy) is 3. The van der Waals surface area contributed by atoms with Gasteiger partial charge in [-0.2, -0.15) is 0 Å². The van der Waals surface area contributed by atoms with Crippen molar-refractivity contribution >= 4 is 5.69 Å². The Morgan fingerprint density at radius 1 is 1.05 bits per heavy atom. The Balaban J connectivity index is 2.19. The van der Waals surface area contributed by atoms with E-state index in [0.29, 0.717) is 23.7 Å². The van der Waals surface area contributed by atoms with Gasteiger partial charge in [0, 0.05) is 6.07 Å². The highest BCUT2D eigenvalue weighted by Crippen LogP contribution is 2.34. The van der Waals surface area contributed by atoms with Gasteiger partial charge in [0.1, 0.15) is 11.5 Å². The molecular formula is C16H17NO5. The molecule has 0 bridgehead atoms. The lowest BCUT2D eigenvalue weighted by Gasteiger charge is -2.11. The molecule has 0 aromatic heterocycles. The number of rotatable bonds is 7. The van der Waals surface area contributed by atoms with Gasteiger partial charge in [-0.25, -0.2) is 0 Å². The molecule has 116 valence electrons. The fourth-order valence-electron chi connectivity index (χ4n) is 2.06. The summed E-state index contributed by atoms with van der Waals surface area (Å²) < 4.78 is 15.9. The first-order valence-corrected chi connectivity index (χ1v) is 6.66. The maximum absolute atomic E-state index is 11.2. The zero-order valence-electron chi connectivity index (χ0n) is 12.4. The van der Waals surface area contributed by atoms with Crippen LogP contribution < -0.4 is 9.47 Å². The quantitative estimate of drug-likeness (QED) is 0.579. The van der Waals surface area contributed by atoms with Crippen molar-refractivity contribution in [2.75, 3.05) is 14.2 Å². The Kier molecular flexibility index (Phi) is 5.32. The van der Waals surface area contributed by atoms with Crippen LogP contribution in [0.5, 0.6) is 11.5 Å². The molecule has 0 amide bonds. The van der Waals surface area contributed by atoms with Crippen molar-refractivity contribution in [2.45, 2.75) is 13.2 Å². The normalized spacial score (nSPS) is 10.3. The Morgan fingerprint density at radius 2 is 1.77 bits per heavy atom. The molecule has 0 spiro atoms. The second-order valence-electron chi connectivity index (χ2n) is 4.56. The number of nitro benzene ring substituents is 1. The number of methoxy groups -OCH3 is 2. The highest BCUT2D eigenvalue weighted by atomic mass is 16.6. The Morgan fingerprint density at radius 3 is 2.36 bits per heavy atom. The molecule has 0 saturated carbocycles. The first-order valence-electron chi connectivity index (χ1n) is 6.66. The first-order chi connectivity index (χ1) is 10.7. The third-order valence-corrected chi connectivity index (χ3v) is 3.17. The maximum Gasteiger partial charge on any atom is 0.282 e. The van der Waals surface area contributed by atoms with Gasteiger partial charge >= 0.3 is 0 Å². The number of benzene rings is 2. The summed E-state index contributed by atoms with van der Waals surface area (Å²) >= 11 is 0. The predicted octanol–water partition coefficient (Wildman–Crippen LogP) is 3.33. The van der Waals surface area contributed by atoms with Gasteiger partial charge < -0.3 is 14.2 Å². The minimum absolute atomic E-state index is 0.0794. The number of hydrogen-bond acceptors (Lipinski definition) is 5. The van der Waals surface area contributed by atoms with E-state index in [9.17, 15) is 10.1 Å². The fraction of sp³-hybridized carbons (Fsp3) is 0.250. The standard InChI is InChI=1S/C16H17NO5/c1-20-13-8-15(17(18)19)14(16(9-13)21-2)11-22-10-12-6-4-3-5-7-12/h3-9H,10-11H2,1-2H3. The van der Waals surface area contributed by atoms with Crippen molar-refractivity contribution in [1.29, 1.82) is 0 Å². The molecule has 0 atom stereocenters. The fourth-order valence-corrected chi connectivity index (χ4v) is 2.06. The smallest absolute Gasteiger partial charge is 0.282 e. The molecule has 6 nitrogen and oxygen atoms in total. The van der Waals surface area contributed by atoms with Crippen LogP contribution in [-0.4, -0.2) is 19.1 Å². The van der Waals surface area contributed by atoms with E-state index in [1.54, 1.807) is 6.07 Å². The van der Waals surface area contributed by atoms with Crippen molar-refractivity contribution < 1.29 is 19.1 Å². The number of nitrogens with zero attached hydrogens (tertiary/aromatic N) is 1. The van der Waals surface area contributed by atoms with Crippen LogP contribution in [0.25, 0.3) is 0 Å². The molecule has 22 heavy (non-hydrogen) atoms. The summed E-state index contributed by atoms with van der Waals surface area (Å²) in [6.45, 7) is 0.450. The van der Waals surface area contributed by atoms with Crippen molar-refractivity contribution in [3.63, 3.8) is 0 Å². The van der Waals surface area contributed by atoms with Gasteiger partial charge in [-0.15, -0.1) is 0 Å². The Hall–Kier alpha value is -2.60. The molecule has 0 unspecified atom stereocenters. The van der Waals surface area contributed by atoms with Crippen LogP contribution in [-0.2, 0) is 18.0 Å². The lowest BCUT2D eigenvalue weighted by molar-refractivity contribution is -0.386. The molecule has 0 fully saturated rings. The summed E-state index contributed by atoms with van der Waals surface area (Å²) in [6.07, 6.45) is 0. The highest BCUT2D eigenvalue weighted by molar-refractivity contribution is 5.54. The molecule has 0 aliphatic rings. The molecule has 0 radical (unpaired) electrons. The van der Waals surface area contributed by atoms with Crippen LogP contribution in [0, 0.1) is 10.1 Å². The van der Waals surface area contributed by atoms with Crippen molar-refractivity contribution in [3.8, 4) is 11.5 Å². The summed E-state index contributed by atoms with van der Waals surface area (Å²) in [5.74, 6) is 0.745. The van der Waals surface area contributed by atoms with Gasteiger partial charge in [-0.05, 0) is 5.56 Å².